The third-order valence-corrected chi connectivity index (χ3v) is 2.25. The van der Waals surface area contributed by atoms with Gasteiger partial charge in [-0.2, -0.15) is 5.26 Å². The molecular formula is C11H9NO3S. The molecule has 0 aliphatic heterocycles. The summed E-state index contributed by atoms with van der Waals surface area (Å²) in [5, 5.41) is 8.79. The summed E-state index contributed by atoms with van der Waals surface area (Å²) in [6.45, 7) is 1.93. The fraction of sp³-hybridized carbons (Fsp3) is 0.182. The second-order valence-electron chi connectivity index (χ2n) is 2.91. The van der Waals surface area contributed by atoms with Gasteiger partial charge in [-0.1, -0.05) is 0 Å². The zero-order chi connectivity index (χ0) is 12.1. The number of nitrogens with zero attached hydrogens (tertiary/aromatic N) is 1. The summed E-state index contributed by atoms with van der Waals surface area (Å²) in [6.07, 6.45) is 0.515. The lowest BCUT2D eigenvalue weighted by Crippen LogP contribution is -2.06. The molecule has 0 aliphatic carbocycles. The lowest BCUT2D eigenvalue weighted by Gasteiger charge is -2.05. The summed E-state index contributed by atoms with van der Waals surface area (Å²) in [5.74, 6) is -0.537. The Hall–Kier alpha value is -1.80. The van der Waals surface area contributed by atoms with Gasteiger partial charge >= 0.3 is 5.97 Å². The lowest BCUT2D eigenvalue weighted by atomic mass is 10.1. The second kappa shape index (κ2) is 5.33. The number of aldehydes is 1. The zero-order valence-electron chi connectivity index (χ0n) is 8.56. The molecule has 0 aliphatic rings. The third-order valence-electron chi connectivity index (χ3n) is 1.90. The predicted molar refractivity (Wildman–Crippen MR) is 59.8 cm³/mol. The molecule has 0 saturated heterocycles. The Morgan fingerprint density at radius 2 is 2.31 bits per heavy atom. The number of rotatable bonds is 3. The van der Waals surface area contributed by atoms with E-state index >= 15 is 0 Å². The predicted octanol–water partition coefficient (Wildman–Crippen LogP) is 1.84. The van der Waals surface area contributed by atoms with Crippen molar-refractivity contribution < 1.29 is 14.3 Å². The van der Waals surface area contributed by atoms with Crippen molar-refractivity contribution in [1.82, 2.24) is 0 Å². The lowest BCUT2D eigenvalue weighted by molar-refractivity contribution is 0.0526. The van der Waals surface area contributed by atoms with Crippen molar-refractivity contribution in [3.05, 3.63) is 28.8 Å². The molecule has 0 bridgehead atoms. The number of carbonyl (C=O) groups is 2. The van der Waals surface area contributed by atoms with Crippen molar-refractivity contribution in [2.75, 3.05) is 6.61 Å². The van der Waals surface area contributed by atoms with E-state index in [0.717, 1.165) is 0 Å². The van der Waals surface area contributed by atoms with Crippen LogP contribution in [-0.4, -0.2) is 18.9 Å². The van der Waals surface area contributed by atoms with Crippen LogP contribution in [0.5, 0.6) is 0 Å². The Bertz CT molecular complexity index is 477. The minimum absolute atomic E-state index is 0.137. The molecule has 16 heavy (non-hydrogen) atoms. The molecule has 0 spiro atoms. The Labute approximate surface area is 98.2 Å². The highest BCUT2D eigenvalue weighted by Crippen LogP contribution is 2.19. The van der Waals surface area contributed by atoms with Gasteiger partial charge in [0.1, 0.15) is 6.07 Å². The third kappa shape index (κ3) is 2.41. The molecule has 0 fully saturated rings. The first kappa shape index (κ1) is 12.3. The zero-order valence-corrected chi connectivity index (χ0v) is 9.45. The smallest absolute Gasteiger partial charge is 0.338 e. The summed E-state index contributed by atoms with van der Waals surface area (Å²) >= 11 is 4.04. The van der Waals surface area contributed by atoms with Gasteiger partial charge in [0.15, 0.2) is 6.29 Å². The molecule has 1 aromatic rings. The van der Waals surface area contributed by atoms with Crippen LogP contribution < -0.4 is 0 Å². The fourth-order valence-electron chi connectivity index (χ4n) is 1.20. The van der Waals surface area contributed by atoms with E-state index in [1.54, 1.807) is 6.92 Å². The van der Waals surface area contributed by atoms with E-state index < -0.39 is 5.97 Å². The van der Waals surface area contributed by atoms with E-state index in [4.69, 9.17) is 10.00 Å². The van der Waals surface area contributed by atoms with Gasteiger partial charge < -0.3 is 4.74 Å². The Balaban J connectivity index is 3.27. The van der Waals surface area contributed by atoms with Crippen molar-refractivity contribution in [3.63, 3.8) is 0 Å². The molecule has 1 rings (SSSR count). The molecule has 5 heteroatoms. The van der Waals surface area contributed by atoms with Crippen molar-refractivity contribution in [2.24, 2.45) is 0 Å². The fourth-order valence-corrected chi connectivity index (χ4v) is 1.51. The number of esters is 1. The highest BCUT2D eigenvalue weighted by atomic mass is 32.1. The molecule has 0 heterocycles. The normalized spacial score (nSPS) is 9.31. The molecule has 0 N–H and O–H groups in total. The number of benzene rings is 1. The standard InChI is InChI=1S/C11H9NO3S/c1-2-15-11(14)7-3-8(6-13)9(5-12)10(16)4-7/h3-4,6,16H,2H2,1H3. The largest absolute Gasteiger partial charge is 0.462 e. The summed E-state index contributed by atoms with van der Waals surface area (Å²) in [5.41, 5.74) is 0.511. The molecule has 1 aromatic carbocycles. The SMILES string of the molecule is CCOC(=O)c1cc(S)c(C#N)c(C=O)c1. The molecular weight excluding hydrogens is 226 g/mol. The van der Waals surface area contributed by atoms with E-state index in [1.165, 1.54) is 12.1 Å². The summed E-state index contributed by atoms with van der Waals surface area (Å²) in [4.78, 5) is 22.4. The Morgan fingerprint density at radius 1 is 1.62 bits per heavy atom. The van der Waals surface area contributed by atoms with E-state index in [9.17, 15) is 9.59 Å². The van der Waals surface area contributed by atoms with Gasteiger partial charge in [0.05, 0.1) is 17.7 Å². The van der Waals surface area contributed by atoms with Crippen LogP contribution in [0.15, 0.2) is 17.0 Å². The van der Waals surface area contributed by atoms with Crippen molar-refractivity contribution in [2.45, 2.75) is 11.8 Å². The van der Waals surface area contributed by atoms with Crippen LogP contribution in [0, 0.1) is 11.3 Å². The van der Waals surface area contributed by atoms with Gasteiger partial charge in [0.25, 0.3) is 0 Å². The minimum Gasteiger partial charge on any atom is -0.462 e. The van der Waals surface area contributed by atoms with E-state index in [2.05, 4.69) is 12.6 Å². The first-order valence-corrected chi connectivity index (χ1v) is 4.98. The van der Waals surface area contributed by atoms with Crippen molar-refractivity contribution in [1.29, 1.82) is 5.26 Å². The van der Waals surface area contributed by atoms with Gasteiger partial charge in [-0.3, -0.25) is 4.79 Å². The molecule has 4 nitrogen and oxygen atoms in total. The van der Waals surface area contributed by atoms with Crippen molar-refractivity contribution in [3.8, 4) is 6.07 Å². The molecule has 0 aromatic heterocycles. The summed E-state index contributed by atoms with van der Waals surface area (Å²) in [6, 6.07) is 4.59. The molecule has 82 valence electrons. The Kier molecular flexibility index (Phi) is 4.09. The number of carbonyl (C=O) groups excluding carboxylic acids is 2. The average molecular weight is 235 g/mol. The van der Waals surface area contributed by atoms with Crippen LogP contribution in [0.3, 0.4) is 0 Å². The van der Waals surface area contributed by atoms with Crippen LogP contribution >= 0.6 is 12.6 Å². The van der Waals surface area contributed by atoms with Gasteiger partial charge in [0, 0.05) is 10.5 Å². The maximum atomic E-state index is 11.4. The second-order valence-corrected chi connectivity index (χ2v) is 3.39. The number of nitriles is 1. The molecule has 0 saturated carbocycles. The minimum atomic E-state index is -0.537. The number of hydrogen-bond acceptors (Lipinski definition) is 5. The van der Waals surface area contributed by atoms with E-state index in [1.807, 2.05) is 6.07 Å². The number of hydrogen-bond donors (Lipinski definition) is 1. The molecule has 0 atom stereocenters. The number of thiol groups is 1. The van der Waals surface area contributed by atoms with Crippen LogP contribution in [0.25, 0.3) is 0 Å². The average Bonchev–Trinajstić information content (AvgIpc) is 2.28. The van der Waals surface area contributed by atoms with Crippen LogP contribution in [0.2, 0.25) is 0 Å². The number of ether oxygens (including phenoxy) is 1. The first-order valence-electron chi connectivity index (χ1n) is 4.53. The molecule has 0 radical (unpaired) electrons. The molecule has 0 unspecified atom stereocenters. The first-order chi connectivity index (χ1) is 7.63. The van der Waals surface area contributed by atoms with E-state index in [-0.39, 0.29) is 28.2 Å². The topological polar surface area (TPSA) is 67.2 Å². The molecule has 0 amide bonds. The maximum absolute atomic E-state index is 11.4. The van der Waals surface area contributed by atoms with Crippen LogP contribution in [-0.2, 0) is 4.74 Å². The maximum Gasteiger partial charge on any atom is 0.338 e. The monoisotopic (exact) mass is 235 g/mol. The van der Waals surface area contributed by atoms with E-state index in [0.29, 0.717) is 6.29 Å². The summed E-state index contributed by atoms with van der Waals surface area (Å²) < 4.78 is 4.78. The highest BCUT2D eigenvalue weighted by molar-refractivity contribution is 7.80. The highest BCUT2D eigenvalue weighted by Gasteiger charge is 2.13. The van der Waals surface area contributed by atoms with Crippen molar-refractivity contribution >= 4 is 24.9 Å². The van der Waals surface area contributed by atoms with Gasteiger partial charge in [-0.25, -0.2) is 4.79 Å². The van der Waals surface area contributed by atoms with Crippen LogP contribution in [0.4, 0.5) is 0 Å². The van der Waals surface area contributed by atoms with Crippen LogP contribution in [0.1, 0.15) is 33.2 Å². The quantitative estimate of drug-likeness (QED) is 0.493. The van der Waals surface area contributed by atoms with Gasteiger partial charge in [-0.15, -0.1) is 12.6 Å². The van der Waals surface area contributed by atoms with Gasteiger partial charge in [-0.05, 0) is 19.1 Å². The Morgan fingerprint density at radius 3 is 2.81 bits per heavy atom. The van der Waals surface area contributed by atoms with Gasteiger partial charge in [0.2, 0.25) is 0 Å². The summed E-state index contributed by atoms with van der Waals surface area (Å²) in [7, 11) is 0.